The van der Waals surface area contributed by atoms with E-state index in [0.29, 0.717) is 0 Å². The van der Waals surface area contributed by atoms with E-state index in [0.717, 1.165) is 37.4 Å². The van der Waals surface area contributed by atoms with E-state index < -0.39 is 0 Å². The van der Waals surface area contributed by atoms with Crippen LogP contribution in [0.3, 0.4) is 0 Å². The van der Waals surface area contributed by atoms with Crippen LogP contribution in [0.2, 0.25) is 0 Å². The Hall–Kier alpha value is -2.26. The molecule has 0 fully saturated rings. The maximum absolute atomic E-state index is 5.99. The zero-order chi connectivity index (χ0) is 14.0. The van der Waals surface area contributed by atoms with Crippen molar-refractivity contribution in [3.05, 3.63) is 59.1 Å². The minimum atomic E-state index is 0.905. The molecule has 0 amide bonds. The molecule has 21 heavy (non-hydrogen) atoms. The lowest BCUT2D eigenvalue weighted by Crippen LogP contribution is -1.74. The Morgan fingerprint density at radius 1 is 0.762 bits per heavy atom. The predicted octanol–water partition coefficient (Wildman–Crippen LogP) is 5.98. The maximum atomic E-state index is 5.99. The van der Waals surface area contributed by atoms with Crippen LogP contribution in [-0.2, 0) is 0 Å². The third-order valence-corrected chi connectivity index (χ3v) is 4.87. The number of fused-ring (bicyclic) bond motifs is 6. The Labute approximate surface area is 128 Å². The van der Waals surface area contributed by atoms with Crippen molar-refractivity contribution < 1.29 is 4.42 Å². The second-order valence-electron chi connectivity index (χ2n) is 5.26. The molecule has 1 N–H and O–H groups in total. The van der Waals surface area contributed by atoms with Gasteiger partial charge in [-0.3, -0.25) is 0 Å². The van der Waals surface area contributed by atoms with Crippen molar-refractivity contribution in [1.29, 1.82) is 0 Å². The standard InChI is InChI=1S/C18H10BrNO/c19-18-16-10-5-1-3-7-12(10)20-13(16)9-15-17(18)11-6-2-4-8-14(11)21-15/h1-9,20H. The molecule has 5 rings (SSSR count). The van der Waals surface area contributed by atoms with Crippen LogP contribution >= 0.6 is 15.9 Å². The maximum Gasteiger partial charge on any atom is 0.138 e. The number of halogens is 1. The Morgan fingerprint density at radius 3 is 2.43 bits per heavy atom. The molecule has 2 nitrogen and oxygen atoms in total. The van der Waals surface area contributed by atoms with Gasteiger partial charge in [0.1, 0.15) is 11.2 Å². The lowest BCUT2D eigenvalue weighted by atomic mass is 10.1. The Kier molecular flexibility index (Phi) is 2.11. The summed E-state index contributed by atoms with van der Waals surface area (Å²) < 4.78 is 7.08. The number of benzene rings is 3. The summed E-state index contributed by atoms with van der Waals surface area (Å²) in [5.74, 6) is 0. The van der Waals surface area contributed by atoms with Crippen molar-refractivity contribution in [2.75, 3.05) is 0 Å². The molecule has 5 aromatic rings. The lowest BCUT2D eigenvalue weighted by molar-refractivity contribution is 0.669. The highest BCUT2D eigenvalue weighted by Crippen LogP contribution is 2.41. The van der Waals surface area contributed by atoms with Gasteiger partial charge in [0.25, 0.3) is 0 Å². The number of rotatable bonds is 0. The van der Waals surface area contributed by atoms with Gasteiger partial charge in [0, 0.05) is 37.6 Å². The van der Waals surface area contributed by atoms with E-state index in [4.69, 9.17) is 4.42 Å². The Bertz CT molecular complexity index is 1060. The van der Waals surface area contributed by atoms with Crippen LogP contribution in [0.1, 0.15) is 0 Å². The van der Waals surface area contributed by atoms with Gasteiger partial charge in [-0.25, -0.2) is 0 Å². The van der Waals surface area contributed by atoms with Crippen LogP contribution in [0.25, 0.3) is 43.7 Å². The van der Waals surface area contributed by atoms with Crippen molar-refractivity contribution in [2.24, 2.45) is 0 Å². The lowest BCUT2D eigenvalue weighted by Gasteiger charge is -1.98. The fourth-order valence-electron chi connectivity index (χ4n) is 3.16. The van der Waals surface area contributed by atoms with Gasteiger partial charge in [-0.2, -0.15) is 0 Å². The molecule has 0 unspecified atom stereocenters. The Morgan fingerprint density at radius 2 is 1.52 bits per heavy atom. The number of hydrogen-bond acceptors (Lipinski definition) is 1. The molecule has 100 valence electrons. The summed E-state index contributed by atoms with van der Waals surface area (Å²) in [6.07, 6.45) is 0. The van der Waals surface area contributed by atoms with Crippen LogP contribution in [0.15, 0.2) is 63.5 Å². The van der Waals surface area contributed by atoms with E-state index in [1.165, 1.54) is 10.8 Å². The summed E-state index contributed by atoms with van der Waals surface area (Å²) in [7, 11) is 0. The summed E-state index contributed by atoms with van der Waals surface area (Å²) >= 11 is 3.80. The summed E-state index contributed by atoms with van der Waals surface area (Å²) in [5, 5.41) is 4.73. The zero-order valence-electron chi connectivity index (χ0n) is 11.0. The van der Waals surface area contributed by atoms with Gasteiger partial charge in [-0.05, 0) is 28.1 Å². The molecule has 2 heterocycles. The van der Waals surface area contributed by atoms with Crippen LogP contribution in [0.4, 0.5) is 0 Å². The smallest absolute Gasteiger partial charge is 0.138 e. The molecule has 0 aliphatic rings. The van der Waals surface area contributed by atoms with E-state index in [1.807, 2.05) is 24.3 Å². The quantitative estimate of drug-likeness (QED) is 0.370. The molecule has 0 radical (unpaired) electrons. The van der Waals surface area contributed by atoms with Gasteiger partial charge in [-0.1, -0.05) is 36.4 Å². The molecule has 3 aromatic carbocycles. The summed E-state index contributed by atoms with van der Waals surface area (Å²) in [5.41, 5.74) is 4.06. The number of H-pyrrole nitrogens is 1. The second kappa shape index (κ2) is 3.89. The highest BCUT2D eigenvalue weighted by atomic mass is 79.9. The van der Waals surface area contributed by atoms with Gasteiger partial charge in [0.15, 0.2) is 0 Å². The molecular formula is C18H10BrNO. The van der Waals surface area contributed by atoms with E-state index in [1.54, 1.807) is 0 Å². The number of para-hydroxylation sites is 2. The number of aromatic amines is 1. The predicted molar refractivity (Wildman–Crippen MR) is 90.8 cm³/mol. The van der Waals surface area contributed by atoms with E-state index >= 15 is 0 Å². The summed E-state index contributed by atoms with van der Waals surface area (Å²) in [6.45, 7) is 0. The van der Waals surface area contributed by atoms with Crippen LogP contribution in [0, 0.1) is 0 Å². The fraction of sp³-hybridized carbons (Fsp3) is 0. The first-order valence-corrected chi connectivity index (χ1v) is 7.62. The average molecular weight is 336 g/mol. The van der Waals surface area contributed by atoms with Crippen molar-refractivity contribution in [2.45, 2.75) is 0 Å². The molecule has 0 spiro atoms. The first-order chi connectivity index (χ1) is 10.3. The summed E-state index contributed by atoms with van der Waals surface area (Å²) in [4.78, 5) is 3.47. The molecule has 3 heteroatoms. The van der Waals surface area contributed by atoms with Crippen LogP contribution in [-0.4, -0.2) is 4.98 Å². The molecular weight excluding hydrogens is 326 g/mol. The van der Waals surface area contributed by atoms with Crippen molar-refractivity contribution in [3.8, 4) is 0 Å². The third kappa shape index (κ3) is 1.41. The monoisotopic (exact) mass is 335 g/mol. The first kappa shape index (κ1) is 11.4. The second-order valence-corrected chi connectivity index (χ2v) is 6.05. The van der Waals surface area contributed by atoms with E-state index in [2.05, 4.69) is 51.2 Å². The van der Waals surface area contributed by atoms with Gasteiger partial charge in [0.2, 0.25) is 0 Å². The third-order valence-electron chi connectivity index (χ3n) is 4.07. The minimum absolute atomic E-state index is 0.905. The fourth-order valence-corrected chi connectivity index (χ4v) is 3.99. The van der Waals surface area contributed by atoms with Crippen molar-refractivity contribution in [3.63, 3.8) is 0 Å². The van der Waals surface area contributed by atoms with Gasteiger partial charge in [-0.15, -0.1) is 0 Å². The first-order valence-electron chi connectivity index (χ1n) is 6.83. The molecule has 0 atom stereocenters. The van der Waals surface area contributed by atoms with E-state index in [9.17, 15) is 0 Å². The Balaban J connectivity index is 2.12. The SMILES string of the molecule is Brc1c2c(cc3oc4ccccc4c13)[nH]c1ccccc12. The molecule has 0 aliphatic carbocycles. The van der Waals surface area contributed by atoms with Crippen molar-refractivity contribution >= 4 is 59.7 Å². The zero-order valence-corrected chi connectivity index (χ0v) is 12.6. The molecule has 2 aromatic heterocycles. The highest BCUT2D eigenvalue weighted by molar-refractivity contribution is 9.10. The van der Waals surface area contributed by atoms with Gasteiger partial charge >= 0.3 is 0 Å². The number of aromatic nitrogens is 1. The minimum Gasteiger partial charge on any atom is -0.456 e. The molecule has 0 saturated heterocycles. The molecule has 0 bridgehead atoms. The molecule has 0 saturated carbocycles. The largest absolute Gasteiger partial charge is 0.456 e. The topological polar surface area (TPSA) is 28.9 Å². The van der Waals surface area contributed by atoms with Gasteiger partial charge < -0.3 is 9.40 Å². The summed E-state index contributed by atoms with van der Waals surface area (Å²) in [6, 6.07) is 18.6. The number of hydrogen-bond donors (Lipinski definition) is 1. The van der Waals surface area contributed by atoms with Crippen LogP contribution in [0.5, 0.6) is 0 Å². The average Bonchev–Trinajstić information content (AvgIpc) is 3.04. The number of nitrogens with one attached hydrogen (secondary N) is 1. The van der Waals surface area contributed by atoms with Gasteiger partial charge in [0.05, 0.1) is 5.52 Å². The van der Waals surface area contributed by atoms with Crippen molar-refractivity contribution in [1.82, 2.24) is 4.98 Å². The normalized spacial score (nSPS) is 12.0. The highest BCUT2D eigenvalue weighted by Gasteiger charge is 2.16. The molecule has 0 aliphatic heterocycles. The van der Waals surface area contributed by atoms with Crippen LogP contribution < -0.4 is 0 Å². The number of furan rings is 1. The van der Waals surface area contributed by atoms with E-state index in [-0.39, 0.29) is 0 Å².